The number of anilines is 1. The summed E-state index contributed by atoms with van der Waals surface area (Å²) >= 11 is 0. The molecule has 2 aromatic rings. The second-order valence-electron chi connectivity index (χ2n) is 7.14. The fourth-order valence-corrected chi connectivity index (χ4v) is 4.90. The standard InChI is InChI=1S/C20H25N3O3S/c1-15(17-3-2-4-17)14-27(25,26)19-7-5-18(6-8-19)23-20(24)22-13-16-9-11-21-12-10-16/h5-12,15,17H,2-4,13-14H2,1H3,(H2,22,23,24). The molecule has 27 heavy (non-hydrogen) atoms. The molecule has 6 nitrogen and oxygen atoms in total. The van der Waals surface area contributed by atoms with Crippen molar-refractivity contribution in [2.75, 3.05) is 11.1 Å². The summed E-state index contributed by atoms with van der Waals surface area (Å²) in [5, 5.41) is 5.46. The fourth-order valence-electron chi connectivity index (χ4n) is 3.19. The number of amides is 2. The Morgan fingerprint density at radius 1 is 1.15 bits per heavy atom. The van der Waals surface area contributed by atoms with Gasteiger partial charge in [0, 0.05) is 24.6 Å². The highest BCUT2D eigenvalue weighted by molar-refractivity contribution is 7.91. The summed E-state index contributed by atoms with van der Waals surface area (Å²) in [4.78, 5) is 16.2. The number of hydrogen-bond acceptors (Lipinski definition) is 4. The van der Waals surface area contributed by atoms with Gasteiger partial charge in [0.1, 0.15) is 0 Å². The van der Waals surface area contributed by atoms with Gasteiger partial charge >= 0.3 is 6.03 Å². The van der Waals surface area contributed by atoms with E-state index >= 15 is 0 Å². The van der Waals surface area contributed by atoms with E-state index < -0.39 is 9.84 Å². The van der Waals surface area contributed by atoms with Crippen LogP contribution in [0.1, 0.15) is 31.7 Å². The van der Waals surface area contributed by atoms with Gasteiger partial charge in [-0.15, -0.1) is 0 Å². The second-order valence-corrected chi connectivity index (χ2v) is 9.17. The zero-order valence-corrected chi connectivity index (χ0v) is 16.2. The minimum atomic E-state index is -3.31. The molecule has 1 aliphatic carbocycles. The Morgan fingerprint density at radius 3 is 2.41 bits per heavy atom. The third-order valence-electron chi connectivity index (χ3n) is 5.11. The van der Waals surface area contributed by atoms with Gasteiger partial charge in [-0.3, -0.25) is 4.98 Å². The number of aromatic nitrogens is 1. The van der Waals surface area contributed by atoms with E-state index in [0.717, 1.165) is 18.4 Å². The zero-order chi connectivity index (χ0) is 19.3. The molecule has 2 amide bonds. The average molecular weight is 388 g/mol. The predicted molar refractivity (Wildman–Crippen MR) is 105 cm³/mol. The molecular weight excluding hydrogens is 362 g/mol. The van der Waals surface area contributed by atoms with Crippen molar-refractivity contribution in [3.63, 3.8) is 0 Å². The summed E-state index contributed by atoms with van der Waals surface area (Å²) < 4.78 is 25.2. The number of nitrogens with one attached hydrogen (secondary N) is 2. The van der Waals surface area contributed by atoms with E-state index in [1.165, 1.54) is 6.42 Å². The number of carbonyl (C=O) groups excluding carboxylic acids is 1. The van der Waals surface area contributed by atoms with Gasteiger partial charge in [0.15, 0.2) is 9.84 Å². The van der Waals surface area contributed by atoms with E-state index in [2.05, 4.69) is 15.6 Å². The van der Waals surface area contributed by atoms with Crippen molar-refractivity contribution in [3.05, 3.63) is 54.4 Å². The maximum absolute atomic E-state index is 12.6. The molecular formula is C20H25N3O3S. The molecule has 1 fully saturated rings. The lowest BCUT2D eigenvalue weighted by Crippen LogP contribution is -2.28. The summed E-state index contributed by atoms with van der Waals surface area (Å²) in [6.07, 6.45) is 6.81. The average Bonchev–Trinajstić information content (AvgIpc) is 2.59. The van der Waals surface area contributed by atoms with Gasteiger partial charge in [0.2, 0.25) is 0 Å². The van der Waals surface area contributed by atoms with Crippen LogP contribution in [0.4, 0.5) is 10.5 Å². The summed E-state index contributed by atoms with van der Waals surface area (Å²) in [6, 6.07) is 9.65. The van der Waals surface area contributed by atoms with E-state index in [-0.39, 0.29) is 17.7 Å². The molecule has 1 saturated carbocycles. The Bertz CT molecular complexity index is 863. The van der Waals surface area contributed by atoms with Crippen LogP contribution in [0.15, 0.2) is 53.7 Å². The lowest BCUT2D eigenvalue weighted by atomic mass is 9.77. The molecule has 1 aliphatic rings. The third-order valence-corrected chi connectivity index (χ3v) is 7.07. The normalized spacial score (nSPS) is 15.6. The Morgan fingerprint density at radius 2 is 1.81 bits per heavy atom. The molecule has 0 aliphatic heterocycles. The van der Waals surface area contributed by atoms with Gasteiger partial charge in [-0.1, -0.05) is 26.2 Å². The first-order valence-corrected chi connectivity index (χ1v) is 10.9. The van der Waals surface area contributed by atoms with Crippen molar-refractivity contribution >= 4 is 21.6 Å². The zero-order valence-electron chi connectivity index (χ0n) is 15.4. The first kappa shape index (κ1) is 19.4. The third kappa shape index (κ3) is 5.29. The Labute approximate surface area is 160 Å². The smallest absolute Gasteiger partial charge is 0.319 e. The van der Waals surface area contributed by atoms with Crippen LogP contribution < -0.4 is 10.6 Å². The van der Waals surface area contributed by atoms with Gasteiger partial charge < -0.3 is 10.6 Å². The number of pyridine rings is 1. The second kappa shape index (κ2) is 8.52. The molecule has 1 heterocycles. The lowest BCUT2D eigenvalue weighted by molar-refractivity contribution is 0.236. The highest BCUT2D eigenvalue weighted by atomic mass is 32.2. The van der Waals surface area contributed by atoms with Crippen LogP contribution in [0.3, 0.4) is 0 Å². The van der Waals surface area contributed by atoms with E-state index in [9.17, 15) is 13.2 Å². The first-order chi connectivity index (χ1) is 12.9. The van der Waals surface area contributed by atoms with Gasteiger partial charge in [-0.25, -0.2) is 13.2 Å². The number of urea groups is 1. The molecule has 1 aromatic heterocycles. The van der Waals surface area contributed by atoms with Crippen molar-refractivity contribution in [3.8, 4) is 0 Å². The minimum absolute atomic E-state index is 0.177. The monoisotopic (exact) mass is 387 g/mol. The van der Waals surface area contributed by atoms with Gasteiger partial charge in [0.05, 0.1) is 10.6 Å². The lowest BCUT2D eigenvalue weighted by Gasteiger charge is -2.31. The number of nitrogens with zero attached hydrogens (tertiary/aromatic N) is 1. The quantitative estimate of drug-likeness (QED) is 0.760. The van der Waals surface area contributed by atoms with E-state index in [1.807, 2.05) is 19.1 Å². The maximum Gasteiger partial charge on any atom is 0.319 e. The maximum atomic E-state index is 12.6. The molecule has 1 aromatic carbocycles. The summed E-state index contributed by atoms with van der Waals surface area (Å²) in [5.41, 5.74) is 1.50. The minimum Gasteiger partial charge on any atom is -0.334 e. The SMILES string of the molecule is CC(CS(=O)(=O)c1ccc(NC(=O)NCc2ccncc2)cc1)C1CCC1. The Balaban J connectivity index is 1.53. The summed E-state index contributed by atoms with van der Waals surface area (Å²) in [5.74, 6) is 0.891. The Hall–Kier alpha value is -2.41. The van der Waals surface area contributed by atoms with Crippen molar-refractivity contribution in [2.45, 2.75) is 37.6 Å². The van der Waals surface area contributed by atoms with Crippen LogP contribution in [0.5, 0.6) is 0 Å². The van der Waals surface area contributed by atoms with Crippen molar-refractivity contribution < 1.29 is 13.2 Å². The van der Waals surface area contributed by atoms with Gasteiger partial charge in [0.25, 0.3) is 0 Å². The fraction of sp³-hybridized carbons (Fsp3) is 0.400. The molecule has 2 N–H and O–H groups in total. The molecule has 7 heteroatoms. The van der Waals surface area contributed by atoms with Crippen LogP contribution in [-0.2, 0) is 16.4 Å². The van der Waals surface area contributed by atoms with Gasteiger partial charge in [-0.2, -0.15) is 0 Å². The Kier molecular flexibility index (Phi) is 6.11. The predicted octanol–water partition coefficient (Wildman–Crippen LogP) is 3.61. The van der Waals surface area contributed by atoms with E-state index in [0.29, 0.717) is 23.0 Å². The molecule has 0 bridgehead atoms. The molecule has 0 saturated heterocycles. The molecule has 1 unspecified atom stereocenters. The van der Waals surface area contributed by atoms with Crippen LogP contribution in [0.25, 0.3) is 0 Å². The van der Waals surface area contributed by atoms with Crippen molar-refractivity contribution in [2.24, 2.45) is 11.8 Å². The topological polar surface area (TPSA) is 88.2 Å². The number of carbonyl (C=O) groups is 1. The molecule has 0 radical (unpaired) electrons. The largest absolute Gasteiger partial charge is 0.334 e. The van der Waals surface area contributed by atoms with E-state index in [4.69, 9.17) is 0 Å². The van der Waals surface area contributed by atoms with Crippen LogP contribution >= 0.6 is 0 Å². The van der Waals surface area contributed by atoms with Gasteiger partial charge in [-0.05, 0) is 53.8 Å². The molecule has 3 rings (SSSR count). The van der Waals surface area contributed by atoms with Crippen LogP contribution in [0.2, 0.25) is 0 Å². The highest BCUT2D eigenvalue weighted by Crippen LogP contribution is 2.34. The van der Waals surface area contributed by atoms with E-state index in [1.54, 1.807) is 36.7 Å². The molecule has 1 atom stereocenters. The van der Waals surface area contributed by atoms with Crippen molar-refractivity contribution in [1.29, 1.82) is 0 Å². The number of sulfone groups is 1. The summed E-state index contributed by atoms with van der Waals surface area (Å²) in [6.45, 7) is 2.41. The first-order valence-electron chi connectivity index (χ1n) is 9.20. The highest BCUT2D eigenvalue weighted by Gasteiger charge is 2.28. The molecule has 0 spiro atoms. The van der Waals surface area contributed by atoms with Crippen molar-refractivity contribution in [1.82, 2.24) is 10.3 Å². The van der Waals surface area contributed by atoms with Crippen LogP contribution in [0, 0.1) is 11.8 Å². The molecule has 144 valence electrons. The van der Waals surface area contributed by atoms with Crippen LogP contribution in [-0.4, -0.2) is 25.2 Å². The number of rotatable bonds is 7. The number of benzene rings is 1. The summed E-state index contributed by atoms with van der Waals surface area (Å²) in [7, 11) is -3.31. The number of hydrogen-bond donors (Lipinski definition) is 2.